The number of carboxylic acid groups (broad SMARTS) is 1. The van der Waals surface area contributed by atoms with Crippen molar-refractivity contribution < 1.29 is 88.9 Å². The molecule has 0 aliphatic carbocycles. The standard InChI is InChI=1S/C22H23FN4O2.C21H21FN4O3.C21H19FN4O3.C20H19FN4O3.C15H12ClFN2O3.C6H8N2/c1-4-19(28)17-10-16(21(23)20(11-17)29-3)6-5-15-12-25-22(26-13-15)27-18-7-8-24-14(2)9-18;2*1-13-8-17(6-7-23-13)26-21-24-11-14(12-25-21)4-5-15-9-16(20(27)29-3)10-18(28-2)19(15)22;1-12-7-16(5-6-22-12)25-20-23-10-13(11-24-20)3-4-14-8-15(19(26)27)9-17(28-2)18(14)21;1-21-12-6-11(14(20)22-2)5-10(13(12)17)4-3-9-7-18-15(16)19-8-9;1-5-4-6(7)2-3-8-5/h7-13H,4-6H2,1-3H3,(H,24,25,26,27);6-12H,4-5H2,1-3H3,(H,23,24,25,26);4-12H,1-3H3,(H,23,24,25,26);5-11H,3-4H2,1-2H3,(H,26,27)(H,22,23,24,25);3-8H,1-2H3;2-4H,1H3,(H2,7,8)/b;;5-4+;;4-3+;. The van der Waals surface area contributed by atoms with Crippen LogP contribution in [0.5, 0.6) is 28.7 Å². The summed E-state index contributed by atoms with van der Waals surface area (Å²) in [6.45, 7) is 11.3. The first-order chi connectivity index (χ1) is 69.8. The van der Waals surface area contributed by atoms with E-state index < -0.39 is 53.0 Å². The van der Waals surface area contributed by atoms with Crippen LogP contribution >= 0.6 is 11.6 Å². The van der Waals surface area contributed by atoms with Crippen LogP contribution in [0.1, 0.15) is 149 Å². The van der Waals surface area contributed by atoms with Crippen molar-refractivity contribution in [2.75, 3.05) is 83.9 Å². The maximum absolute atomic E-state index is 14.6. The summed E-state index contributed by atoms with van der Waals surface area (Å²) in [5, 5.41) is 21.7. The first-order valence-electron chi connectivity index (χ1n) is 44.2. The molecule has 145 heavy (non-hydrogen) atoms. The molecule has 34 nitrogen and oxygen atoms in total. The number of aromatic carboxylic acids is 1. The van der Waals surface area contributed by atoms with E-state index in [2.05, 4.69) is 101 Å². The van der Waals surface area contributed by atoms with E-state index in [4.69, 9.17) is 55.6 Å². The van der Waals surface area contributed by atoms with Gasteiger partial charge in [-0.05, 0) is 239 Å². The van der Waals surface area contributed by atoms with Gasteiger partial charge >= 0.3 is 23.9 Å². The maximum atomic E-state index is 14.6. The van der Waals surface area contributed by atoms with E-state index in [0.717, 1.165) is 73.6 Å². The quantitative estimate of drug-likeness (QED) is 0.00749. The number of nitrogens with two attached hydrogens (primary N) is 1. The number of hydrogen-bond acceptors (Lipinski definition) is 33. The van der Waals surface area contributed by atoms with E-state index in [1.165, 1.54) is 136 Å². The number of nitrogen functional groups attached to an aromatic ring is 1. The molecule has 10 heterocycles. The van der Waals surface area contributed by atoms with E-state index in [-0.39, 0.29) is 78.8 Å². The first kappa shape index (κ1) is 109. The van der Waals surface area contributed by atoms with Gasteiger partial charge in [0.15, 0.2) is 63.6 Å². The number of methoxy groups -OCH3 is 8. The summed E-state index contributed by atoms with van der Waals surface area (Å²) >= 11 is 5.59. The number of rotatable bonds is 32. The van der Waals surface area contributed by atoms with Crippen LogP contribution in [-0.4, -0.2) is 166 Å². The number of ketones is 1. The number of pyridine rings is 5. The van der Waals surface area contributed by atoms with Gasteiger partial charge in [-0.1, -0.05) is 31.2 Å². The lowest BCUT2D eigenvalue weighted by atomic mass is 10.00. The number of ether oxygens (including phenoxy) is 8. The van der Waals surface area contributed by atoms with Crippen molar-refractivity contribution in [3.63, 3.8) is 0 Å². The normalized spacial score (nSPS) is 10.5. The Morgan fingerprint density at radius 3 is 0.883 bits per heavy atom. The second kappa shape index (κ2) is 54.7. The predicted molar refractivity (Wildman–Crippen MR) is 538 cm³/mol. The first-order valence-corrected chi connectivity index (χ1v) is 44.6. The fourth-order valence-corrected chi connectivity index (χ4v) is 13.4. The Balaban J connectivity index is 0.000000182. The lowest BCUT2D eigenvalue weighted by Crippen LogP contribution is -2.06. The van der Waals surface area contributed by atoms with E-state index in [1.54, 1.807) is 112 Å². The molecule has 15 rings (SSSR count). The van der Waals surface area contributed by atoms with Crippen molar-refractivity contribution >= 4 is 118 Å². The van der Waals surface area contributed by atoms with Crippen molar-refractivity contribution in [3.05, 3.63) is 361 Å². The maximum Gasteiger partial charge on any atom is 0.338 e. The fraction of sp³-hybridized carbons (Fsp3) is 0.200. The minimum atomic E-state index is -1.13. The van der Waals surface area contributed by atoms with Crippen LogP contribution in [0.3, 0.4) is 0 Å². The second-order valence-electron chi connectivity index (χ2n) is 31.2. The smallest absolute Gasteiger partial charge is 0.338 e. The van der Waals surface area contributed by atoms with Crippen molar-refractivity contribution in [3.8, 4) is 28.7 Å². The molecule has 0 bridgehead atoms. The van der Waals surface area contributed by atoms with E-state index >= 15 is 0 Å². The lowest BCUT2D eigenvalue weighted by molar-refractivity contribution is 0.0591. The number of carbonyl (C=O) groups excluding carboxylic acids is 4. The van der Waals surface area contributed by atoms with Crippen molar-refractivity contribution in [2.24, 2.45) is 0 Å². The minimum Gasteiger partial charge on any atom is -0.494 e. The molecule has 0 fully saturated rings. The molecular weight excluding hydrogens is 1900 g/mol. The summed E-state index contributed by atoms with van der Waals surface area (Å²) < 4.78 is 111. The number of benzene rings is 5. The number of carboxylic acids is 1. The number of Topliss-reactive ketones (excluding diaryl/α,β-unsaturated/α-hetero) is 1. The van der Waals surface area contributed by atoms with Crippen molar-refractivity contribution in [1.82, 2.24) is 74.8 Å². The largest absolute Gasteiger partial charge is 0.494 e. The molecule has 0 saturated heterocycles. The summed E-state index contributed by atoms with van der Waals surface area (Å²) in [6, 6.07) is 32.1. The number of hydrogen-bond donors (Lipinski definition) is 6. The summed E-state index contributed by atoms with van der Waals surface area (Å²) in [4.78, 5) is 121. The highest BCUT2D eigenvalue weighted by Gasteiger charge is 2.22. The Hall–Kier alpha value is -17.8. The van der Waals surface area contributed by atoms with Gasteiger partial charge in [-0.25, -0.2) is 91.0 Å². The molecule has 0 spiro atoms. The molecule has 0 aliphatic heterocycles. The lowest BCUT2D eigenvalue weighted by Gasteiger charge is -2.11. The zero-order chi connectivity index (χ0) is 105. The molecule has 748 valence electrons. The number of carbonyl (C=O) groups is 5. The van der Waals surface area contributed by atoms with Crippen LogP contribution in [0.15, 0.2) is 214 Å². The number of anilines is 9. The molecule has 5 aromatic carbocycles. The zero-order valence-corrected chi connectivity index (χ0v) is 82.0. The molecule has 0 amide bonds. The third-order valence-corrected chi connectivity index (χ3v) is 20.8. The van der Waals surface area contributed by atoms with Gasteiger partial charge in [0.1, 0.15) is 0 Å². The molecule has 0 saturated carbocycles. The highest BCUT2D eigenvalue weighted by molar-refractivity contribution is 6.28. The summed E-state index contributed by atoms with van der Waals surface area (Å²) in [7, 11) is 10.5. The monoisotopic (exact) mass is 2000 g/mol. The van der Waals surface area contributed by atoms with Gasteiger partial charge in [0.2, 0.25) is 29.1 Å². The van der Waals surface area contributed by atoms with Crippen LogP contribution in [0.25, 0.3) is 24.3 Å². The molecule has 7 N–H and O–H groups in total. The molecule has 10 aromatic heterocycles. The third-order valence-electron chi connectivity index (χ3n) is 20.7. The Kier molecular flexibility index (Phi) is 41.2. The van der Waals surface area contributed by atoms with Crippen LogP contribution in [0.4, 0.5) is 74.2 Å². The summed E-state index contributed by atoms with van der Waals surface area (Å²) in [5.41, 5.74) is 20.3. The number of nitrogens with zero attached hydrogens (tertiary/aromatic N) is 15. The van der Waals surface area contributed by atoms with Gasteiger partial charge in [0.25, 0.3) is 0 Å². The molecule has 40 heteroatoms. The molecule has 0 atom stereocenters. The third kappa shape index (κ3) is 33.5. The fourth-order valence-electron chi connectivity index (χ4n) is 13.3. The Morgan fingerprint density at radius 1 is 0.331 bits per heavy atom. The molecular formula is C105H102ClF5N20O14. The van der Waals surface area contributed by atoms with E-state index in [9.17, 15) is 45.9 Å². The van der Waals surface area contributed by atoms with Gasteiger partial charge in [-0.2, -0.15) is 0 Å². The highest BCUT2D eigenvalue weighted by Crippen LogP contribution is 2.32. The van der Waals surface area contributed by atoms with Crippen molar-refractivity contribution in [2.45, 2.75) is 86.5 Å². The minimum absolute atomic E-state index is 0.00587. The Labute approximate surface area is 836 Å². The van der Waals surface area contributed by atoms with Crippen LogP contribution < -0.4 is 50.7 Å². The number of esters is 3. The topological polar surface area (TPSA) is 447 Å². The predicted octanol–water partition coefficient (Wildman–Crippen LogP) is 19.9. The summed E-state index contributed by atoms with van der Waals surface area (Å²) in [6.07, 6.45) is 33.9. The van der Waals surface area contributed by atoms with E-state index in [1.807, 2.05) is 89.2 Å². The SMILES string of the molecule is CCC(=O)c1cc(CCc2cnc(Nc3ccnc(C)c3)nc2)c(F)c(OC)c1.COC(=O)c1cc(/C=C/c2cnc(Cl)nc2)c(F)c(OC)c1.COC(=O)c1cc(/C=C/c2cnc(Nc3ccnc(C)c3)nc2)c(F)c(OC)c1.COC(=O)c1cc(CCc2cnc(Nc3ccnc(C)c3)nc2)c(F)c(OC)c1.COc1cc(C(=O)O)cc(CCc2cnc(Nc3ccnc(C)c3)nc2)c1F.Cc1cc(N)ccn1. The van der Waals surface area contributed by atoms with E-state index in [0.29, 0.717) is 96.6 Å². The van der Waals surface area contributed by atoms with Gasteiger partial charge in [-0.3, -0.25) is 29.7 Å². The molecule has 0 radical (unpaired) electrons. The second-order valence-corrected chi connectivity index (χ2v) is 31.5. The molecule has 0 unspecified atom stereocenters. The van der Waals surface area contributed by atoms with Crippen LogP contribution in [0, 0.1) is 63.7 Å². The summed E-state index contributed by atoms with van der Waals surface area (Å²) in [5.74, 6) is -3.83. The number of aryl methyl sites for hydroxylation is 11. The van der Waals surface area contributed by atoms with Crippen LogP contribution in [-0.2, 0) is 52.7 Å². The number of halogens is 6. The Morgan fingerprint density at radius 2 is 0.600 bits per heavy atom. The average molecular weight is 2000 g/mol. The van der Waals surface area contributed by atoms with Gasteiger partial charge in [-0.15, -0.1) is 0 Å². The highest BCUT2D eigenvalue weighted by atomic mass is 35.5. The van der Waals surface area contributed by atoms with Gasteiger partial charge < -0.3 is 70.0 Å². The zero-order valence-electron chi connectivity index (χ0n) is 81.3. The number of aromatic nitrogens is 15. The van der Waals surface area contributed by atoms with Crippen LogP contribution in [0.2, 0.25) is 5.28 Å². The average Bonchev–Trinajstić information content (AvgIpc) is 0.830. The molecule has 15 aromatic rings. The van der Waals surface area contributed by atoms with Gasteiger partial charge in [0.05, 0.1) is 79.1 Å². The number of nitrogens with one attached hydrogen (secondary N) is 4. The van der Waals surface area contributed by atoms with Gasteiger partial charge in [0, 0.05) is 184 Å². The Bertz CT molecular complexity index is 6850. The van der Waals surface area contributed by atoms with Crippen molar-refractivity contribution in [1.29, 1.82) is 0 Å². The molecule has 0 aliphatic rings.